The first-order valence-electron chi connectivity index (χ1n) is 18.5. The zero-order valence-electron chi connectivity index (χ0n) is 29.0. The largest absolute Gasteiger partial charge is 0.307 e. The van der Waals surface area contributed by atoms with E-state index in [-0.39, 0.29) is 0 Å². The highest BCUT2D eigenvalue weighted by molar-refractivity contribution is 6.36. The van der Waals surface area contributed by atoms with E-state index in [0.29, 0.717) is 0 Å². The Labute approximate surface area is 308 Å². The van der Waals surface area contributed by atoms with Gasteiger partial charge in [0.1, 0.15) is 5.82 Å². The predicted molar refractivity (Wildman–Crippen MR) is 226 cm³/mol. The van der Waals surface area contributed by atoms with Gasteiger partial charge in [0.15, 0.2) is 5.82 Å². The van der Waals surface area contributed by atoms with Gasteiger partial charge in [0.05, 0.1) is 33.1 Å². The Bertz CT molecular complexity index is 3740. The number of para-hydroxylation sites is 3. The molecule has 0 fully saturated rings. The van der Waals surface area contributed by atoms with Crippen molar-refractivity contribution in [3.8, 4) is 17.2 Å². The molecule has 9 aromatic carbocycles. The highest BCUT2D eigenvalue weighted by Crippen LogP contribution is 2.48. The Hall–Kier alpha value is -7.30. The molecule has 4 nitrogen and oxygen atoms in total. The molecular weight excluding hydrogens is 657 g/mol. The third-order valence-corrected chi connectivity index (χ3v) is 11.8. The molecule has 0 saturated carbocycles. The lowest BCUT2D eigenvalue weighted by Gasteiger charge is -2.15. The minimum absolute atomic E-state index is 0.718. The van der Waals surface area contributed by atoms with Crippen molar-refractivity contribution in [3.05, 3.63) is 170 Å². The summed E-state index contributed by atoms with van der Waals surface area (Å²) in [5.41, 5.74) is 7.96. The Morgan fingerprint density at radius 1 is 0.352 bits per heavy atom. The molecule has 0 aliphatic heterocycles. The maximum absolute atomic E-state index is 5.63. The Balaban J connectivity index is 1.25. The zero-order chi connectivity index (χ0) is 35.1. The summed E-state index contributed by atoms with van der Waals surface area (Å²) in [6, 6.07) is 61.5. The lowest BCUT2D eigenvalue weighted by atomic mass is 9.97. The molecule has 0 amide bonds. The minimum Gasteiger partial charge on any atom is -0.307 e. The van der Waals surface area contributed by atoms with Gasteiger partial charge >= 0.3 is 0 Å². The standard InChI is InChI=1S/C50H28N4/c1-4-16-32-29(13-1)25-26-36-40-28-39-35-19-8-11-23-43(35)54(48(39)45-38-21-9-12-24-44(38)53(46(32)36)47(40)45)50-37-20-7-10-22-42(37)51-49(52-50)41-27-30-14-2-3-15-31(30)33-17-5-6-18-34(33)41/h1-28H. The summed E-state index contributed by atoms with van der Waals surface area (Å²) in [5, 5.41) is 15.7. The number of fused-ring (bicyclic) bond motifs is 16. The quantitative estimate of drug-likeness (QED) is 0.170. The van der Waals surface area contributed by atoms with Crippen molar-refractivity contribution in [1.29, 1.82) is 0 Å². The van der Waals surface area contributed by atoms with Crippen LogP contribution >= 0.6 is 0 Å². The van der Waals surface area contributed by atoms with Gasteiger partial charge in [0.25, 0.3) is 0 Å². The molecule has 4 heteroatoms. The number of rotatable bonds is 2. The topological polar surface area (TPSA) is 35.1 Å². The van der Waals surface area contributed by atoms with Crippen LogP contribution in [0.25, 0.3) is 120 Å². The summed E-state index contributed by atoms with van der Waals surface area (Å²) in [6.07, 6.45) is 0. The van der Waals surface area contributed by atoms with Crippen LogP contribution in [0.15, 0.2) is 170 Å². The monoisotopic (exact) mass is 684 g/mol. The number of hydrogen-bond donors (Lipinski definition) is 0. The molecule has 0 radical (unpaired) electrons. The van der Waals surface area contributed by atoms with Crippen LogP contribution < -0.4 is 0 Å². The molecule has 0 N–H and O–H groups in total. The average molecular weight is 685 g/mol. The molecule has 248 valence electrons. The van der Waals surface area contributed by atoms with Gasteiger partial charge in [-0.2, -0.15) is 0 Å². The van der Waals surface area contributed by atoms with E-state index in [4.69, 9.17) is 9.97 Å². The second-order valence-electron chi connectivity index (χ2n) is 14.5. The molecule has 54 heavy (non-hydrogen) atoms. The summed E-state index contributed by atoms with van der Waals surface area (Å²) in [7, 11) is 0. The van der Waals surface area contributed by atoms with Gasteiger partial charge in [-0.25, -0.2) is 9.97 Å². The number of nitrogens with zero attached hydrogens (tertiary/aromatic N) is 4. The fraction of sp³-hybridized carbons (Fsp3) is 0. The number of benzene rings is 9. The van der Waals surface area contributed by atoms with E-state index in [1.165, 1.54) is 81.3 Å². The van der Waals surface area contributed by atoms with Crippen molar-refractivity contribution < 1.29 is 0 Å². The molecule has 4 heterocycles. The van der Waals surface area contributed by atoms with Crippen molar-refractivity contribution in [2.24, 2.45) is 0 Å². The molecule has 0 bridgehead atoms. The van der Waals surface area contributed by atoms with Crippen molar-refractivity contribution in [1.82, 2.24) is 18.9 Å². The van der Waals surface area contributed by atoms with Crippen LogP contribution in [0.4, 0.5) is 0 Å². The first-order chi connectivity index (χ1) is 26.8. The smallest absolute Gasteiger partial charge is 0.162 e. The van der Waals surface area contributed by atoms with Crippen molar-refractivity contribution in [3.63, 3.8) is 0 Å². The Kier molecular flexibility index (Phi) is 5.34. The van der Waals surface area contributed by atoms with E-state index < -0.39 is 0 Å². The highest BCUT2D eigenvalue weighted by atomic mass is 15.1. The van der Waals surface area contributed by atoms with Crippen LogP contribution in [-0.2, 0) is 0 Å². The first-order valence-corrected chi connectivity index (χ1v) is 18.5. The third kappa shape index (κ3) is 3.52. The average Bonchev–Trinajstić information content (AvgIpc) is 3.87. The number of hydrogen-bond acceptors (Lipinski definition) is 2. The molecule has 13 rings (SSSR count). The normalized spacial score (nSPS) is 12.4. The molecular formula is C50H28N4. The van der Waals surface area contributed by atoms with E-state index in [0.717, 1.165) is 39.0 Å². The molecule has 0 atom stereocenters. The molecule has 0 saturated heterocycles. The zero-order valence-corrected chi connectivity index (χ0v) is 29.0. The fourth-order valence-corrected chi connectivity index (χ4v) is 9.57. The van der Waals surface area contributed by atoms with Gasteiger partial charge in [-0.15, -0.1) is 0 Å². The second-order valence-corrected chi connectivity index (χ2v) is 14.5. The van der Waals surface area contributed by atoms with Gasteiger partial charge in [-0.05, 0) is 63.3 Å². The lowest BCUT2D eigenvalue weighted by Crippen LogP contribution is -2.03. The van der Waals surface area contributed by atoms with Gasteiger partial charge in [0.2, 0.25) is 0 Å². The fourth-order valence-electron chi connectivity index (χ4n) is 9.57. The van der Waals surface area contributed by atoms with E-state index >= 15 is 0 Å². The minimum atomic E-state index is 0.718. The van der Waals surface area contributed by atoms with Crippen LogP contribution in [0, 0.1) is 0 Å². The molecule has 0 aliphatic carbocycles. The van der Waals surface area contributed by atoms with E-state index in [1.807, 2.05) is 0 Å². The van der Waals surface area contributed by atoms with Crippen molar-refractivity contribution >= 4 is 103 Å². The maximum atomic E-state index is 5.63. The Morgan fingerprint density at radius 3 is 1.83 bits per heavy atom. The van der Waals surface area contributed by atoms with Crippen LogP contribution in [0.1, 0.15) is 0 Å². The van der Waals surface area contributed by atoms with Crippen LogP contribution in [-0.4, -0.2) is 18.9 Å². The van der Waals surface area contributed by atoms with Gasteiger partial charge < -0.3 is 4.40 Å². The predicted octanol–water partition coefficient (Wildman–Crippen LogP) is 13.0. The van der Waals surface area contributed by atoms with E-state index in [2.05, 4.69) is 179 Å². The molecule has 13 aromatic rings. The molecule has 4 aromatic heterocycles. The maximum Gasteiger partial charge on any atom is 0.162 e. The van der Waals surface area contributed by atoms with E-state index in [1.54, 1.807) is 0 Å². The van der Waals surface area contributed by atoms with E-state index in [9.17, 15) is 0 Å². The van der Waals surface area contributed by atoms with Crippen LogP contribution in [0.5, 0.6) is 0 Å². The van der Waals surface area contributed by atoms with Crippen LogP contribution in [0.2, 0.25) is 0 Å². The van der Waals surface area contributed by atoms with Crippen molar-refractivity contribution in [2.75, 3.05) is 0 Å². The summed E-state index contributed by atoms with van der Waals surface area (Å²) in [6.45, 7) is 0. The van der Waals surface area contributed by atoms with Gasteiger partial charge in [0, 0.05) is 48.7 Å². The first kappa shape index (κ1) is 28.3. The molecule has 0 aliphatic rings. The van der Waals surface area contributed by atoms with Crippen molar-refractivity contribution in [2.45, 2.75) is 0 Å². The van der Waals surface area contributed by atoms with Gasteiger partial charge in [-0.3, -0.25) is 4.57 Å². The summed E-state index contributed by atoms with van der Waals surface area (Å²) >= 11 is 0. The van der Waals surface area contributed by atoms with Crippen LogP contribution in [0.3, 0.4) is 0 Å². The second kappa shape index (κ2) is 10.2. The third-order valence-electron chi connectivity index (χ3n) is 11.8. The molecule has 0 unspecified atom stereocenters. The summed E-state index contributed by atoms with van der Waals surface area (Å²) in [4.78, 5) is 10.9. The molecule has 0 spiro atoms. The Morgan fingerprint density at radius 2 is 0.981 bits per heavy atom. The lowest BCUT2D eigenvalue weighted by molar-refractivity contribution is 1.08. The summed E-state index contributed by atoms with van der Waals surface area (Å²) < 4.78 is 4.95. The number of aromatic nitrogens is 4. The summed E-state index contributed by atoms with van der Waals surface area (Å²) in [5.74, 6) is 1.60. The van der Waals surface area contributed by atoms with Gasteiger partial charge in [-0.1, -0.05) is 133 Å². The SMILES string of the molecule is c1ccc2c(c1)cc(-c1nc(-n3c4ccccc4c4cc5c6ccc7ccccc7c6n6c7ccccc7c(c43)c56)c3ccccc3n1)c1ccccc12. The highest BCUT2D eigenvalue weighted by Gasteiger charge is 2.26.